The van der Waals surface area contributed by atoms with E-state index in [4.69, 9.17) is 16.3 Å². The number of hydrogen-bond acceptors (Lipinski definition) is 2. The van der Waals surface area contributed by atoms with Crippen LogP contribution in [0.5, 0.6) is 5.75 Å². The fourth-order valence-electron chi connectivity index (χ4n) is 2.08. The third-order valence-corrected chi connectivity index (χ3v) is 3.15. The van der Waals surface area contributed by atoms with E-state index in [0.29, 0.717) is 0 Å². The van der Waals surface area contributed by atoms with Crippen molar-refractivity contribution in [3.63, 3.8) is 0 Å². The molecule has 18 heavy (non-hydrogen) atoms. The Morgan fingerprint density at radius 3 is 2.44 bits per heavy atom. The van der Waals surface area contributed by atoms with Crippen molar-refractivity contribution in [2.24, 2.45) is 0 Å². The molecule has 0 saturated carbocycles. The molecule has 96 valence electrons. The molecule has 1 N–H and O–H groups in total. The molecule has 2 nitrogen and oxygen atoms in total. The van der Waals surface area contributed by atoms with Gasteiger partial charge in [-0.3, -0.25) is 0 Å². The van der Waals surface area contributed by atoms with E-state index in [-0.39, 0.29) is 5.60 Å². The van der Waals surface area contributed by atoms with Gasteiger partial charge in [0.05, 0.1) is 0 Å². The van der Waals surface area contributed by atoms with E-state index in [2.05, 4.69) is 19.2 Å². The van der Waals surface area contributed by atoms with Crippen LogP contribution in [0, 0.1) is 0 Å². The average Bonchev–Trinajstić information content (AvgIpc) is 2.33. The van der Waals surface area contributed by atoms with Crippen LogP contribution in [-0.2, 0) is 0 Å². The van der Waals surface area contributed by atoms with Crippen LogP contribution in [0.25, 0.3) is 10.8 Å². The minimum atomic E-state index is -0.259. The summed E-state index contributed by atoms with van der Waals surface area (Å²) in [6.45, 7) is 4.91. The largest absolute Gasteiger partial charge is 0.486 e. The Kier molecular flexibility index (Phi) is 3.79. The van der Waals surface area contributed by atoms with Gasteiger partial charge in [0, 0.05) is 22.3 Å². The van der Waals surface area contributed by atoms with E-state index in [1.165, 1.54) is 0 Å². The number of fused-ring (bicyclic) bond motifs is 1. The number of rotatable bonds is 4. The van der Waals surface area contributed by atoms with Crippen LogP contribution < -0.4 is 10.1 Å². The zero-order valence-electron chi connectivity index (χ0n) is 11.0. The SMILES string of the molecule is CNCC(C)(C)Oc1ccc(Cl)c2ccccc12. The first-order valence-electron chi connectivity index (χ1n) is 6.04. The molecule has 2 aromatic rings. The van der Waals surface area contributed by atoms with Crippen molar-refractivity contribution < 1.29 is 4.74 Å². The predicted molar refractivity (Wildman–Crippen MR) is 77.6 cm³/mol. The molecule has 0 amide bonds. The van der Waals surface area contributed by atoms with Gasteiger partial charge in [-0.2, -0.15) is 0 Å². The molecule has 0 fully saturated rings. The van der Waals surface area contributed by atoms with Crippen LogP contribution in [0.2, 0.25) is 5.02 Å². The highest BCUT2D eigenvalue weighted by Gasteiger charge is 2.20. The summed E-state index contributed by atoms with van der Waals surface area (Å²) in [4.78, 5) is 0. The molecule has 0 bridgehead atoms. The van der Waals surface area contributed by atoms with Gasteiger partial charge in [-0.05, 0) is 33.0 Å². The van der Waals surface area contributed by atoms with E-state index >= 15 is 0 Å². The van der Waals surface area contributed by atoms with Crippen molar-refractivity contribution in [1.29, 1.82) is 0 Å². The Hall–Kier alpha value is -1.25. The molecule has 0 aliphatic carbocycles. The summed E-state index contributed by atoms with van der Waals surface area (Å²) in [6, 6.07) is 11.8. The molecule has 3 heteroatoms. The van der Waals surface area contributed by atoms with E-state index in [9.17, 15) is 0 Å². The molecule has 0 spiro atoms. The van der Waals surface area contributed by atoms with Gasteiger partial charge in [-0.15, -0.1) is 0 Å². The lowest BCUT2D eigenvalue weighted by Gasteiger charge is -2.27. The van der Waals surface area contributed by atoms with Crippen LogP contribution in [0.15, 0.2) is 36.4 Å². The van der Waals surface area contributed by atoms with Gasteiger partial charge < -0.3 is 10.1 Å². The quantitative estimate of drug-likeness (QED) is 0.904. The van der Waals surface area contributed by atoms with Crippen molar-refractivity contribution in [2.75, 3.05) is 13.6 Å². The normalized spacial score (nSPS) is 11.8. The first-order chi connectivity index (χ1) is 8.53. The van der Waals surface area contributed by atoms with Gasteiger partial charge >= 0.3 is 0 Å². The zero-order chi connectivity index (χ0) is 13.2. The van der Waals surface area contributed by atoms with Crippen LogP contribution in [0.4, 0.5) is 0 Å². The van der Waals surface area contributed by atoms with E-state index < -0.39 is 0 Å². The highest BCUT2D eigenvalue weighted by Crippen LogP contribution is 2.33. The van der Waals surface area contributed by atoms with Crippen LogP contribution >= 0.6 is 11.6 Å². The minimum absolute atomic E-state index is 0.259. The molecule has 0 unspecified atom stereocenters. The molecule has 0 atom stereocenters. The minimum Gasteiger partial charge on any atom is -0.486 e. The zero-order valence-corrected chi connectivity index (χ0v) is 11.7. The van der Waals surface area contributed by atoms with Gasteiger partial charge in [-0.25, -0.2) is 0 Å². The maximum Gasteiger partial charge on any atom is 0.128 e. The van der Waals surface area contributed by atoms with E-state index in [1.54, 1.807) is 0 Å². The molecular weight excluding hydrogens is 246 g/mol. The second-order valence-electron chi connectivity index (χ2n) is 4.98. The summed E-state index contributed by atoms with van der Waals surface area (Å²) in [7, 11) is 1.92. The molecule has 2 rings (SSSR count). The third kappa shape index (κ3) is 2.77. The number of likely N-dealkylation sites (N-methyl/N-ethyl adjacent to an activating group) is 1. The highest BCUT2D eigenvalue weighted by atomic mass is 35.5. The first kappa shape index (κ1) is 13.2. The second kappa shape index (κ2) is 5.17. The first-order valence-corrected chi connectivity index (χ1v) is 6.42. The van der Waals surface area contributed by atoms with Crippen molar-refractivity contribution in [2.45, 2.75) is 19.4 Å². The lowest BCUT2D eigenvalue weighted by Crippen LogP contribution is -2.38. The fraction of sp³-hybridized carbons (Fsp3) is 0.333. The molecule has 0 aromatic heterocycles. The Bertz CT molecular complexity index is 551. The Balaban J connectivity index is 2.43. The van der Waals surface area contributed by atoms with Gasteiger partial charge in [-0.1, -0.05) is 35.9 Å². The van der Waals surface area contributed by atoms with Crippen LogP contribution in [-0.4, -0.2) is 19.2 Å². The molecule has 0 saturated heterocycles. The van der Waals surface area contributed by atoms with Crippen molar-refractivity contribution in [3.8, 4) is 5.75 Å². The van der Waals surface area contributed by atoms with E-state index in [0.717, 1.165) is 28.1 Å². The molecule has 0 radical (unpaired) electrons. The van der Waals surface area contributed by atoms with Crippen LogP contribution in [0.3, 0.4) is 0 Å². The number of benzene rings is 2. The summed E-state index contributed by atoms with van der Waals surface area (Å²) in [5.74, 6) is 0.871. The second-order valence-corrected chi connectivity index (χ2v) is 5.39. The van der Waals surface area contributed by atoms with Crippen LogP contribution in [0.1, 0.15) is 13.8 Å². The molecular formula is C15H18ClNO. The predicted octanol–water partition coefficient (Wildman–Crippen LogP) is 3.87. The van der Waals surface area contributed by atoms with Gasteiger partial charge in [0.1, 0.15) is 11.4 Å². The Labute approximate surface area is 113 Å². The highest BCUT2D eigenvalue weighted by molar-refractivity contribution is 6.35. The molecule has 0 heterocycles. The molecule has 0 aliphatic heterocycles. The summed E-state index contributed by atoms with van der Waals surface area (Å²) in [6.07, 6.45) is 0. The number of ether oxygens (including phenoxy) is 1. The smallest absolute Gasteiger partial charge is 0.128 e. The maximum absolute atomic E-state index is 6.19. The topological polar surface area (TPSA) is 21.3 Å². The number of hydrogen-bond donors (Lipinski definition) is 1. The van der Waals surface area contributed by atoms with E-state index in [1.807, 2.05) is 43.4 Å². The summed E-state index contributed by atoms with van der Waals surface area (Å²) in [5.41, 5.74) is -0.259. The third-order valence-electron chi connectivity index (χ3n) is 2.82. The summed E-state index contributed by atoms with van der Waals surface area (Å²) >= 11 is 6.19. The molecule has 0 aliphatic rings. The van der Waals surface area contributed by atoms with Crippen molar-refractivity contribution in [3.05, 3.63) is 41.4 Å². The lowest BCUT2D eigenvalue weighted by molar-refractivity contribution is 0.112. The molecule has 2 aromatic carbocycles. The van der Waals surface area contributed by atoms with Gasteiger partial charge in [0.2, 0.25) is 0 Å². The number of halogens is 1. The van der Waals surface area contributed by atoms with Crippen molar-refractivity contribution in [1.82, 2.24) is 5.32 Å². The monoisotopic (exact) mass is 263 g/mol. The summed E-state index contributed by atoms with van der Waals surface area (Å²) < 4.78 is 6.09. The average molecular weight is 264 g/mol. The Morgan fingerprint density at radius 2 is 1.78 bits per heavy atom. The van der Waals surface area contributed by atoms with Gasteiger partial charge in [0.15, 0.2) is 0 Å². The lowest BCUT2D eigenvalue weighted by atomic mass is 10.1. The standard InChI is InChI=1S/C15H18ClNO/c1-15(2,10-17-3)18-14-9-8-13(16)11-6-4-5-7-12(11)14/h4-9,17H,10H2,1-3H3. The Morgan fingerprint density at radius 1 is 1.11 bits per heavy atom. The fourth-order valence-corrected chi connectivity index (χ4v) is 2.31. The summed E-state index contributed by atoms with van der Waals surface area (Å²) in [5, 5.41) is 5.97. The maximum atomic E-state index is 6.19. The van der Waals surface area contributed by atoms with Gasteiger partial charge in [0.25, 0.3) is 0 Å². The number of nitrogens with one attached hydrogen (secondary N) is 1. The van der Waals surface area contributed by atoms with Crippen molar-refractivity contribution >= 4 is 22.4 Å².